The van der Waals surface area contributed by atoms with Crippen molar-refractivity contribution in [3.05, 3.63) is 59.2 Å². The fraction of sp³-hybridized carbons (Fsp3) is 0.545. The molecule has 0 spiro atoms. The topological polar surface area (TPSA) is 117 Å². The molecule has 0 saturated carbocycles. The van der Waals surface area contributed by atoms with Crippen LogP contribution >= 0.6 is 11.8 Å². The van der Waals surface area contributed by atoms with Gasteiger partial charge in [0.2, 0.25) is 5.91 Å². The first-order valence-electron chi connectivity index (χ1n) is 14.8. The molecule has 3 rings (SSSR count). The second-order valence-electron chi connectivity index (χ2n) is 12.7. The summed E-state index contributed by atoms with van der Waals surface area (Å²) < 4.78 is 10.9. The van der Waals surface area contributed by atoms with E-state index in [0.29, 0.717) is 18.1 Å². The molecule has 0 aromatic heterocycles. The summed E-state index contributed by atoms with van der Waals surface area (Å²) in [5.41, 5.74) is 2.11. The van der Waals surface area contributed by atoms with Crippen molar-refractivity contribution in [1.82, 2.24) is 15.5 Å². The molecule has 1 aliphatic heterocycles. The Kier molecular flexibility index (Phi) is 11.5. The molecule has 0 radical (unpaired) electrons. The van der Waals surface area contributed by atoms with Gasteiger partial charge in [-0.1, -0.05) is 37.3 Å². The quantitative estimate of drug-likeness (QED) is 0.329. The number of aliphatic hydroxyl groups is 1. The van der Waals surface area contributed by atoms with E-state index in [-0.39, 0.29) is 24.8 Å². The van der Waals surface area contributed by atoms with E-state index >= 15 is 0 Å². The number of benzene rings is 2. The molecular weight excluding hydrogens is 566 g/mol. The highest BCUT2D eigenvalue weighted by Crippen LogP contribution is 2.40. The van der Waals surface area contributed by atoms with Crippen molar-refractivity contribution in [3.8, 4) is 11.5 Å². The third-order valence-corrected chi connectivity index (χ3v) is 8.54. The van der Waals surface area contributed by atoms with Gasteiger partial charge in [-0.25, -0.2) is 0 Å². The lowest BCUT2D eigenvalue weighted by molar-refractivity contribution is -0.148. The Morgan fingerprint density at radius 1 is 1.07 bits per heavy atom. The summed E-state index contributed by atoms with van der Waals surface area (Å²) in [6.45, 7) is 15.6. The molecule has 2 aromatic carbocycles. The molecule has 3 amide bonds. The third kappa shape index (κ3) is 9.37. The average Bonchev–Trinajstić information content (AvgIpc) is 3.25. The van der Waals surface area contributed by atoms with E-state index in [1.165, 1.54) is 16.7 Å². The highest BCUT2D eigenvalue weighted by atomic mass is 32.2. The maximum atomic E-state index is 13.8. The van der Waals surface area contributed by atoms with Gasteiger partial charge in [0.05, 0.1) is 18.5 Å². The van der Waals surface area contributed by atoms with E-state index in [4.69, 9.17) is 9.47 Å². The summed E-state index contributed by atoms with van der Waals surface area (Å²) in [5.74, 6) is 0.210. The van der Waals surface area contributed by atoms with Gasteiger partial charge in [0.15, 0.2) is 12.7 Å². The number of nitrogens with zero attached hydrogens (tertiary/aromatic N) is 1. The molecule has 3 atom stereocenters. The highest BCUT2D eigenvalue weighted by molar-refractivity contribution is 8.00. The van der Waals surface area contributed by atoms with Gasteiger partial charge in [0.25, 0.3) is 11.8 Å². The third-order valence-electron chi connectivity index (χ3n) is 7.16. The van der Waals surface area contributed by atoms with Crippen molar-refractivity contribution in [2.75, 3.05) is 19.1 Å². The van der Waals surface area contributed by atoms with E-state index < -0.39 is 40.3 Å². The zero-order chi connectivity index (χ0) is 31.9. The first-order chi connectivity index (χ1) is 20.1. The Hall–Kier alpha value is -3.24. The van der Waals surface area contributed by atoms with Crippen LogP contribution in [0.3, 0.4) is 0 Å². The van der Waals surface area contributed by atoms with Crippen LogP contribution in [0.25, 0.3) is 0 Å². The number of hydrogen-bond donors (Lipinski definition) is 3. The number of para-hydroxylation sites is 1. The average molecular weight is 614 g/mol. The number of rotatable bonds is 12. The summed E-state index contributed by atoms with van der Waals surface area (Å²) >= 11 is 1.47. The zero-order valence-electron chi connectivity index (χ0n) is 26.7. The lowest BCUT2D eigenvalue weighted by atomic mass is 9.96. The fourth-order valence-corrected chi connectivity index (χ4v) is 6.18. The van der Waals surface area contributed by atoms with Gasteiger partial charge in [-0.3, -0.25) is 14.4 Å². The standard InChI is InChI=1S/C33H47N3O6S/c1-9-17-41-24-15-13-23(14-16-24)18-25(34-26(37)19-42-28-21(2)11-10-12-22(28)3)27(38)31(40)36-20-43-33(7,8)29(36)30(39)35-32(4,5)6/h10-16,25,27,29,38H,9,17-20H2,1-8H3,(H,34,37)(H,35,39)/t25-,27-,29?/m0/s1. The van der Waals surface area contributed by atoms with Crippen LogP contribution in [0, 0.1) is 13.8 Å². The summed E-state index contributed by atoms with van der Waals surface area (Å²) in [7, 11) is 0. The van der Waals surface area contributed by atoms with E-state index in [9.17, 15) is 19.5 Å². The second kappa shape index (κ2) is 14.5. The van der Waals surface area contributed by atoms with Crippen LogP contribution in [0.1, 0.15) is 64.7 Å². The van der Waals surface area contributed by atoms with Gasteiger partial charge in [-0.15, -0.1) is 11.8 Å². The number of thioether (sulfide) groups is 1. The second-order valence-corrected chi connectivity index (χ2v) is 14.3. The van der Waals surface area contributed by atoms with Crippen LogP contribution in [-0.4, -0.2) is 75.3 Å². The predicted molar refractivity (Wildman–Crippen MR) is 170 cm³/mol. The zero-order valence-corrected chi connectivity index (χ0v) is 27.5. The van der Waals surface area contributed by atoms with Crippen LogP contribution in [0.5, 0.6) is 11.5 Å². The first-order valence-corrected chi connectivity index (χ1v) is 15.8. The molecule has 1 saturated heterocycles. The van der Waals surface area contributed by atoms with Gasteiger partial charge in [0.1, 0.15) is 17.5 Å². The monoisotopic (exact) mass is 613 g/mol. The molecule has 1 unspecified atom stereocenters. The fourth-order valence-electron chi connectivity index (χ4n) is 5.04. The Bertz CT molecular complexity index is 1250. The number of aryl methyl sites for hydroxylation is 2. The molecule has 43 heavy (non-hydrogen) atoms. The Morgan fingerprint density at radius 2 is 1.70 bits per heavy atom. The van der Waals surface area contributed by atoms with Crippen molar-refractivity contribution in [2.45, 2.75) is 96.7 Å². The SMILES string of the molecule is CCCOc1ccc(C[C@H](NC(=O)COc2c(C)cccc2C)[C@H](O)C(=O)N2CSC(C)(C)C2C(=O)NC(C)(C)C)cc1. The maximum absolute atomic E-state index is 13.8. The van der Waals surface area contributed by atoms with Gasteiger partial charge >= 0.3 is 0 Å². The van der Waals surface area contributed by atoms with Crippen LogP contribution in [-0.2, 0) is 20.8 Å². The molecule has 1 aliphatic rings. The number of carbonyl (C=O) groups is 3. The van der Waals surface area contributed by atoms with Gasteiger partial charge < -0.3 is 30.1 Å². The summed E-state index contributed by atoms with van der Waals surface area (Å²) in [5, 5.41) is 17.3. The van der Waals surface area contributed by atoms with Crippen LogP contribution in [0.4, 0.5) is 0 Å². The maximum Gasteiger partial charge on any atom is 0.258 e. The molecule has 236 valence electrons. The molecular formula is C33H47N3O6S. The number of aliphatic hydroxyl groups excluding tert-OH is 1. The summed E-state index contributed by atoms with van der Waals surface area (Å²) in [6, 6.07) is 11.3. The highest BCUT2D eigenvalue weighted by Gasteiger charge is 2.50. The molecule has 9 nitrogen and oxygen atoms in total. The smallest absolute Gasteiger partial charge is 0.258 e. The van der Waals surface area contributed by atoms with Crippen molar-refractivity contribution < 1.29 is 29.0 Å². The predicted octanol–water partition coefficient (Wildman–Crippen LogP) is 4.15. The Balaban J connectivity index is 1.83. The van der Waals surface area contributed by atoms with Crippen molar-refractivity contribution in [3.63, 3.8) is 0 Å². The Labute approximate surface area is 260 Å². The van der Waals surface area contributed by atoms with Crippen LogP contribution in [0.2, 0.25) is 0 Å². The van der Waals surface area contributed by atoms with Crippen molar-refractivity contribution in [2.24, 2.45) is 0 Å². The minimum Gasteiger partial charge on any atom is -0.494 e. The number of ether oxygens (including phenoxy) is 2. The molecule has 0 bridgehead atoms. The lowest BCUT2D eigenvalue weighted by Gasteiger charge is -2.35. The molecule has 1 heterocycles. The van der Waals surface area contributed by atoms with Crippen molar-refractivity contribution in [1.29, 1.82) is 0 Å². The van der Waals surface area contributed by atoms with Gasteiger partial charge in [-0.05, 0) is 90.1 Å². The number of amides is 3. The largest absolute Gasteiger partial charge is 0.494 e. The van der Waals surface area contributed by atoms with Crippen LogP contribution in [0.15, 0.2) is 42.5 Å². The van der Waals surface area contributed by atoms with Crippen molar-refractivity contribution >= 4 is 29.5 Å². The van der Waals surface area contributed by atoms with E-state index in [2.05, 4.69) is 10.6 Å². The number of hydrogen-bond acceptors (Lipinski definition) is 7. The number of carbonyl (C=O) groups excluding carboxylic acids is 3. The van der Waals surface area contributed by atoms with E-state index in [0.717, 1.165) is 23.1 Å². The first kappa shape index (κ1) is 34.3. The van der Waals surface area contributed by atoms with Crippen LogP contribution < -0.4 is 20.1 Å². The van der Waals surface area contributed by atoms with Gasteiger partial charge in [0, 0.05) is 10.3 Å². The minimum atomic E-state index is -1.60. The Morgan fingerprint density at radius 3 is 2.28 bits per heavy atom. The molecule has 1 fully saturated rings. The molecule has 0 aliphatic carbocycles. The summed E-state index contributed by atoms with van der Waals surface area (Å²) in [4.78, 5) is 41.7. The minimum absolute atomic E-state index is 0.180. The normalized spacial score (nSPS) is 17.6. The van der Waals surface area contributed by atoms with Gasteiger partial charge in [-0.2, -0.15) is 0 Å². The lowest BCUT2D eigenvalue weighted by Crippen LogP contribution is -2.60. The molecule has 3 N–H and O–H groups in total. The number of nitrogens with one attached hydrogen (secondary N) is 2. The van der Waals surface area contributed by atoms with E-state index in [1.54, 1.807) is 0 Å². The van der Waals surface area contributed by atoms with E-state index in [1.807, 2.05) is 97.9 Å². The molecule has 10 heteroatoms. The molecule has 2 aromatic rings. The summed E-state index contributed by atoms with van der Waals surface area (Å²) in [6.07, 6.45) is -0.534.